The number of hydrogen-bond acceptors (Lipinski definition) is 3. The molecule has 3 aromatic rings. The Morgan fingerprint density at radius 1 is 0.935 bits per heavy atom. The van der Waals surface area contributed by atoms with Crippen LogP contribution in [-0.2, 0) is 21.4 Å². The van der Waals surface area contributed by atoms with Crippen molar-refractivity contribution in [2.75, 3.05) is 6.54 Å². The van der Waals surface area contributed by atoms with Gasteiger partial charge in [-0.1, -0.05) is 74.3 Å². The molecule has 5 nitrogen and oxygen atoms in total. The fraction of sp³-hybridized carbons (Fsp3) is 0.174. The van der Waals surface area contributed by atoms with E-state index in [9.17, 15) is 13.2 Å². The van der Waals surface area contributed by atoms with E-state index in [1.807, 2.05) is 55.5 Å². The van der Waals surface area contributed by atoms with Crippen LogP contribution in [0.25, 0.3) is 0 Å². The van der Waals surface area contributed by atoms with Crippen molar-refractivity contribution >= 4 is 47.8 Å². The number of carbonyl (C=O) groups excluding carboxylic acids is 1. The smallest absolute Gasteiger partial charge is 0.243 e. The number of nitrogens with zero attached hydrogens (tertiary/aromatic N) is 1. The highest BCUT2D eigenvalue weighted by Crippen LogP contribution is 2.21. The van der Waals surface area contributed by atoms with Crippen LogP contribution in [0.15, 0.2) is 92.7 Å². The lowest BCUT2D eigenvalue weighted by Gasteiger charge is -2.23. The van der Waals surface area contributed by atoms with Gasteiger partial charge < -0.3 is 5.32 Å². The van der Waals surface area contributed by atoms with E-state index in [0.29, 0.717) is 0 Å². The highest BCUT2D eigenvalue weighted by Gasteiger charge is 2.27. The second-order valence-corrected chi connectivity index (χ2v) is 10.8. The van der Waals surface area contributed by atoms with Crippen LogP contribution in [0.2, 0.25) is 0 Å². The molecule has 0 saturated heterocycles. The summed E-state index contributed by atoms with van der Waals surface area (Å²) in [7, 11) is -3.86. The average molecular weight is 566 g/mol. The standard InChI is InChI=1S/C23H22Br2N2O3S/c1-17(19-6-5-7-21(25)14-19)26-23(28)16-27(15-18-10-12-20(24)13-11-18)31(29,30)22-8-3-2-4-9-22/h2-14,17H,15-16H2,1H3,(H,26,28)/t17-/m1/s1. The van der Waals surface area contributed by atoms with Gasteiger partial charge in [-0.15, -0.1) is 0 Å². The SMILES string of the molecule is C[C@@H](NC(=O)CN(Cc1ccc(Br)cc1)S(=O)(=O)c1ccccc1)c1cccc(Br)c1. The molecule has 0 unspecified atom stereocenters. The van der Waals surface area contributed by atoms with Crippen LogP contribution in [0.5, 0.6) is 0 Å². The molecule has 0 aliphatic carbocycles. The first-order chi connectivity index (χ1) is 14.8. The number of halogens is 2. The van der Waals surface area contributed by atoms with Gasteiger partial charge >= 0.3 is 0 Å². The van der Waals surface area contributed by atoms with Crippen molar-refractivity contribution in [1.82, 2.24) is 9.62 Å². The largest absolute Gasteiger partial charge is 0.348 e. The first kappa shape index (κ1) is 23.7. The topological polar surface area (TPSA) is 66.5 Å². The number of sulfonamides is 1. The zero-order valence-corrected chi connectivity index (χ0v) is 20.8. The molecule has 1 amide bonds. The molecular formula is C23H22Br2N2O3S. The van der Waals surface area contributed by atoms with E-state index in [4.69, 9.17) is 0 Å². The Morgan fingerprint density at radius 2 is 1.61 bits per heavy atom. The lowest BCUT2D eigenvalue weighted by Crippen LogP contribution is -2.41. The quantitative estimate of drug-likeness (QED) is 0.404. The third kappa shape index (κ3) is 6.49. The van der Waals surface area contributed by atoms with Gasteiger partial charge in [-0.25, -0.2) is 8.42 Å². The third-order valence-electron chi connectivity index (χ3n) is 4.70. The van der Waals surface area contributed by atoms with Crippen molar-refractivity contribution in [2.45, 2.75) is 24.4 Å². The number of amides is 1. The Hall–Kier alpha value is -2.00. The van der Waals surface area contributed by atoms with E-state index in [1.54, 1.807) is 18.2 Å². The van der Waals surface area contributed by atoms with E-state index >= 15 is 0 Å². The van der Waals surface area contributed by atoms with E-state index in [0.717, 1.165) is 20.1 Å². The van der Waals surface area contributed by atoms with Crippen LogP contribution in [0.1, 0.15) is 24.1 Å². The molecule has 0 fully saturated rings. The number of carbonyl (C=O) groups is 1. The zero-order valence-electron chi connectivity index (χ0n) is 16.8. The summed E-state index contributed by atoms with van der Waals surface area (Å²) in [6.45, 7) is 1.67. The van der Waals surface area contributed by atoms with Crippen LogP contribution in [0.3, 0.4) is 0 Å². The fourth-order valence-electron chi connectivity index (χ4n) is 3.07. The first-order valence-electron chi connectivity index (χ1n) is 9.60. The number of hydrogen-bond donors (Lipinski definition) is 1. The summed E-state index contributed by atoms with van der Waals surface area (Å²) < 4.78 is 29.6. The molecule has 0 aliphatic rings. The molecule has 0 radical (unpaired) electrons. The summed E-state index contributed by atoms with van der Waals surface area (Å²) in [6.07, 6.45) is 0. The Labute approximate surface area is 199 Å². The summed E-state index contributed by atoms with van der Waals surface area (Å²) >= 11 is 6.81. The minimum atomic E-state index is -3.86. The van der Waals surface area contributed by atoms with Gasteiger partial charge in [0.2, 0.25) is 15.9 Å². The molecule has 162 valence electrons. The molecule has 1 atom stereocenters. The van der Waals surface area contributed by atoms with Crippen molar-refractivity contribution in [3.63, 3.8) is 0 Å². The predicted molar refractivity (Wildman–Crippen MR) is 129 cm³/mol. The zero-order chi connectivity index (χ0) is 22.4. The highest BCUT2D eigenvalue weighted by atomic mass is 79.9. The maximum absolute atomic E-state index is 13.3. The molecule has 0 saturated carbocycles. The van der Waals surface area contributed by atoms with Crippen molar-refractivity contribution in [3.8, 4) is 0 Å². The Balaban J connectivity index is 1.82. The number of nitrogens with one attached hydrogen (secondary N) is 1. The van der Waals surface area contributed by atoms with E-state index in [1.165, 1.54) is 16.4 Å². The van der Waals surface area contributed by atoms with E-state index in [2.05, 4.69) is 37.2 Å². The van der Waals surface area contributed by atoms with Gasteiger partial charge in [-0.3, -0.25) is 4.79 Å². The van der Waals surface area contributed by atoms with Gasteiger partial charge in [0.05, 0.1) is 17.5 Å². The van der Waals surface area contributed by atoms with E-state index in [-0.39, 0.29) is 29.9 Å². The summed E-state index contributed by atoms with van der Waals surface area (Å²) in [5.41, 5.74) is 1.71. The predicted octanol–water partition coefficient (Wildman–Crippen LogP) is 5.28. The monoisotopic (exact) mass is 564 g/mol. The van der Waals surface area contributed by atoms with Crippen molar-refractivity contribution in [3.05, 3.63) is 98.9 Å². The summed E-state index contributed by atoms with van der Waals surface area (Å²) in [5, 5.41) is 2.90. The molecular weight excluding hydrogens is 544 g/mol. The van der Waals surface area contributed by atoms with Crippen molar-refractivity contribution < 1.29 is 13.2 Å². The lowest BCUT2D eigenvalue weighted by molar-refractivity contribution is -0.122. The van der Waals surface area contributed by atoms with Crippen LogP contribution in [0, 0.1) is 0 Å². The summed E-state index contributed by atoms with van der Waals surface area (Å²) in [4.78, 5) is 13.0. The molecule has 3 rings (SSSR count). The Morgan fingerprint density at radius 3 is 2.26 bits per heavy atom. The molecule has 0 heterocycles. The Bertz CT molecular complexity index is 1140. The maximum atomic E-state index is 13.3. The molecule has 31 heavy (non-hydrogen) atoms. The van der Waals surface area contributed by atoms with Crippen molar-refractivity contribution in [2.24, 2.45) is 0 Å². The van der Waals surface area contributed by atoms with Crippen LogP contribution >= 0.6 is 31.9 Å². The van der Waals surface area contributed by atoms with Gasteiger partial charge in [0, 0.05) is 15.5 Å². The second kappa shape index (κ2) is 10.5. The van der Waals surface area contributed by atoms with Gasteiger partial charge in [0.1, 0.15) is 0 Å². The first-order valence-corrected chi connectivity index (χ1v) is 12.6. The Kier molecular flexibility index (Phi) is 8.05. The van der Waals surface area contributed by atoms with Gasteiger partial charge in [0.25, 0.3) is 0 Å². The molecule has 3 aromatic carbocycles. The summed E-state index contributed by atoms with van der Waals surface area (Å²) in [5.74, 6) is -0.371. The summed E-state index contributed by atoms with van der Waals surface area (Å²) in [6, 6.07) is 22.9. The molecule has 0 bridgehead atoms. The van der Waals surface area contributed by atoms with Crippen LogP contribution < -0.4 is 5.32 Å². The minimum Gasteiger partial charge on any atom is -0.348 e. The highest BCUT2D eigenvalue weighted by molar-refractivity contribution is 9.10. The number of benzene rings is 3. The van der Waals surface area contributed by atoms with Gasteiger partial charge in [-0.2, -0.15) is 4.31 Å². The molecule has 1 N–H and O–H groups in total. The van der Waals surface area contributed by atoms with Crippen LogP contribution in [-0.4, -0.2) is 25.2 Å². The normalized spacial score (nSPS) is 12.5. The van der Waals surface area contributed by atoms with Crippen LogP contribution in [0.4, 0.5) is 0 Å². The van der Waals surface area contributed by atoms with E-state index < -0.39 is 10.0 Å². The maximum Gasteiger partial charge on any atom is 0.243 e. The molecule has 8 heteroatoms. The van der Waals surface area contributed by atoms with Gasteiger partial charge in [-0.05, 0) is 54.4 Å². The minimum absolute atomic E-state index is 0.0865. The molecule has 0 spiro atoms. The molecule has 0 aliphatic heterocycles. The van der Waals surface area contributed by atoms with Gasteiger partial charge in [0.15, 0.2) is 0 Å². The molecule has 0 aromatic heterocycles. The number of rotatable bonds is 8. The fourth-order valence-corrected chi connectivity index (χ4v) is 5.15. The second-order valence-electron chi connectivity index (χ2n) is 7.06. The van der Waals surface area contributed by atoms with Crippen molar-refractivity contribution in [1.29, 1.82) is 0 Å². The third-order valence-corrected chi connectivity index (χ3v) is 7.53. The lowest BCUT2D eigenvalue weighted by atomic mass is 10.1. The average Bonchev–Trinajstić information content (AvgIpc) is 2.75.